The summed E-state index contributed by atoms with van der Waals surface area (Å²) in [7, 11) is 0. The number of carbonyl (C=O) groups is 2. The molecule has 7 heteroatoms. The summed E-state index contributed by atoms with van der Waals surface area (Å²) >= 11 is 1.51. The average molecular weight is 293 g/mol. The smallest absolute Gasteiger partial charge is 0.319 e. The van der Waals surface area contributed by atoms with Gasteiger partial charge in [0, 0.05) is 18.7 Å². The topological polar surface area (TPSA) is 91.3 Å². The number of thiazole rings is 1. The van der Waals surface area contributed by atoms with Crippen molar-refractivity contribution < 1.29 is 14.7 Å². The largest absolute Gasteiger partial charge is 0.481 e. The third-order valence-electron chi connectivity index (χ3n) is 2.72. The van der Waals surface area contributed by atoms with Crippen LogP contribution in [0.25, 0.3) is 10.2 Å². The lowest BCUT2D eigenvalue weighted by Crippen LogP contribution is -2.32. The van der Waals surface area contributed by atoms with Crippen molar-refractivity contribution in [1.82, 2.24) is 10.3 Å². The van der Waals surface area contributed by atoms with Crippen molar-refractivity contribution in [2.75, 3.05) is 11.9 Å². The van der Waals surface area contributed by atoms with Crippen LogP contribution in [0.2, 0.25) is 0 Å². The van der Waals surface area contributed by atoms with Crippen LogP contribution in [0.15, 0.2) is 23.7 Å². The van der Waals surface area contributed by atoms with Crippen molar-refractivity contribution in [2.45, 2.75) is 13.3 Å². The molecule has 0 bridgehead atoms. The van der Waals surface area contributed by atoms with Crippen LogP contribution < -0.4 is 10.6 Å². The number of hydrogen-bond donors (Lipinski definition) is 3. The van der Waals surface area contributed by atoms with Gasteiger partial charge in [0.15, 0.2) is 0 Å². The Balaban J connectivity index is 1.86. The molecule has 106 valence electrons. The molecule has 2 amide bonds. The van der Waals surface area contributed by atoms with Crippen LogP contribution in [-0.2, 0) is 4.79 Å². The minimum atomic E-state index is -0.865. The van der Waals surface area contributed by atoms with Gasteiger partial charge >= 0.3 is 12.0 Å². The number of carboxylic acid groups (broad SMARTS) is 1. The molecule has 0 saturated heterocycles. The quantitative estimate of drug-likeness (QED) is 0.790. The highest BCUT2D eigenvalue weighted by Gasteiger charge is 2.09. The van der Waals surface area contributed by atoms with Crippen molar-refractivity contribution in [3.63, 3.8) is 0 Å². The number of amides is 2. The molecule has 0 aliphatic carbocycles. The molecular weight excluding hydrogens is 278 g/mol. The number of anilines is 1. The van der Waals surface area contributed by atoms with E-state index in [2.05, 4.69) is 15.6 Å². The summed E-state index contributed by atoms with van der Waals surface area (Å²) in [4.78, 5) is 26.4. The Labute approximate surface area is 119 Å². The standard InChI is InChI=1S/C13H15N3O3S/c1-8(4-12(17)18)6-14-13(19)16-9-2-3-10-11(5-9)20-7-15-10/h2-3,5,7-8H,4,6H2,1H3,(H,17,18)(H2,14,16,19). The zero-order chi connectivity index (χ0) is 14.5. The minimum Gasteiger partial charge on any atom is -0.481 e. The maximum absolute atomic E-state index is 11.7. The normalized spacial score (nSPS) is 12.1. The monoisotopic (exact) mass is 293 g/mol. The SMILES string of the molecule is CC(CNC(=O)Nc1ccc2ncsc2c1)CC(=O)O. The summed E-state index contributed by atoms with van der Waals surface area (Å²) in [5.74, 6) is -0.974. The van der Waals surface area contributed by atoms with Gasteiger partial charge in [0.25, 0.3) is 0 Å². The van der Waals surface area contributed by atoms with E-state index in [0.29, 0.717) is 12.2 Å². The first kappa shape index (κ1) is 14.3. The summed E-state index contributed by atoms with van der Waals surface area (Å²) in [5.41, 5.74) is 3.34. The summed E-state index contributed by atoms with van der Waals surface area (Å²) in [6.07, 6.45) is 0.0348. The number of nitrogens with zero attached hydrogens (tertiary/aromatic N) is 1. The summed E-state index contributed by atoms with van der Waals surface area (Å²) in [6, 6.07) is 5.13. The number of fused-ring (bicyclic) bond motifs is 1. The fourth-order valence-corrected chi connectivity index (χ4v) is 2.46. The second-order valence-corrected chi connectivity index (χ2v) is 5.46. The van der Waals surface area contributed by atoms with Gasteiger partial charge in [0.2, 0.25) is 0 Å². The third-order valence-corrected chi connectivity index (χ3v) is 3.52. The molecule has 2 rings (SSSR count). The van der Waals surface area contributed by atoms with Gasteiger partial charge in [-0.25, -0.2) is 9.78 Å². The molecule has 0 saturated carbocycles. The number of hydrogen-bond acceptors (Lipinski definition) is 4. The molecule has 0 spiro atoms. The van der Waals surface area contributed by atoms with Gasteiger partial charge in [-0.05, 0) is 24.1 Å². The fraction of sp³-hybridized carbons (Fsp3) is 0.308. The predicted molar refractivity (Wildman–Crippen MR) is 78.1 cm³/mol. The number of urea groups is 1. The molecular formula is C13H15N3O3S. The van der Waals surface area contributed by atoms with E-state index in [9.17, 15) is 9.59 Å². The van der Waals surface area contributed by atoms with Crippen LogP contribution in [-0.4, -0.2) is 28.6 Å². The van der Waals surface area contributed by atoms with Gasteiger partial charge in [-0.2, -0.15) is 0 Å². The highest BCUT2D eigenvalue weighted by Crippen LogP contribution is 2.21. The Hall–Kier alpha value is -2.15. The molecule has 1 aromatic carbocycles. The first-order valence-electron chi connectivity index (χ1n) is 6.14. The summed E-state index contributed by atoms with van der Waals surface area (Å²) in [6.45, 7) is 2.10. The number of carboxylic acids is 1. The molecule has 1 unspecified atom stereocenters. The molecule has 0 aliphatic heterocycles. The van der Waals surface area contributed by atoms with Crippen molar-refractivity contribution in [3.8, 4) is 0 Å². The van der Waals surface area contributed by atoms with Crippen LogP contribution in [0.1, 0.15) is 13.3 Å². The first-order chi connectivity index (χ1) is 9.54. The van der Waals surface area contributed by atoms with E-state index in [0.717, 1.165) is 10.2 Å². The van der Waals surface area contributed by atoms with E-state index in [4.69, 9.17) is 5.11 Å². The Morgan fingerprint density at radius 2 is 2.25 bits per heavy atom. The number of nitrogens with one attached hydrogen (secondary N) is 2. The molecule has 0 aliphatic rings. The zero-order valence-electron chi connectivity index (χ0n) is 10.9. The van der Waals surface area contributed by atoms with Crippen LogP contribution in [0, 0.1) is 5.92 Å². The maximum Gasteiger partial charge on any atom is 0.319 e. The number of rotatable bonds is 5. The van der Waals surface area contributed by atoms with E-state index in [1.165, 1.54) is 11.3 Å². The first-order valence-corrected chi connectivity index (χ1v) is 7.02. The molecule has 3 N–H and O–H groups in total. The van der Waals surface area contributed by atoms with Gasteiger partial charge < -0.3 is 15.7 Å². The fourth-order valence-electron chi connectivity index (χ4n) is 1.75. The Bertz CT molecular complexity index is 626. The van der Waals surface area contributed by atoms with E-state index in [1.807, 2.05) is 12.1 Å². The molecule has 6 nitrogen and oxygen atoms in total. The predicted octanol–water partition coefficient (Wildman–Crippen LogP) is 2.53. The lowest BCUT2D eigenvalue weighted by molar-refractivity contribution is -0.137. The lowest BCUT2D eigenvalue weighted by Gasteiger charge is -2.11. The second kappa shape index (κ2) is 6.33. The third kappa shape index (κ3) is 3.92. The van der Waals surface area contributed by atoms with Gasteiger partial charge in [-0.3, -0.25) is 4.79 Å². The van der Waals surface area contributed by atoms with E-state index < -0.39 is 5.97 Å². The second-order valence-electron chi connectivity index (χ2n) is 4.57. The molecule has 1 aromatic heterocycles. The molecule has 0 fully saturated rings. The highest BCUT2D eigenvalue weighted by atomic mass is 32.1. The average Bonchev–Trinajstić information content (AvgIpc) is 2.83. The lowest BCUT2D eigenvalue weighted by atomic mass is 10.1. The van der Waals surface area contributed by atoms with E-state index in [-0.39, 0.29) is 18.4 Å². The molecule has 1 atom stereocenters. The number of carbonyl (C=O) groups excluding carboxylic acids is 1. The Kier molecular flexibility index (Phi) is 4.52. The van der Waals surface area contributed by atoms with Gasteiger partial charge in [0.1, 0.15) is 0 Å². The summed E-state index contributed by atoms with van der Waals surface area (Å²) in [5, 5.41) is 14.0. The van der Waals surface area contributed by atoms with Crippen LogP contribution in [0.4, 0.5) is 10.5 Å². The maximum atomic E-state index is 11.7. The van der Waals surface area contributed by atoms with Crippen molar-refractivity contribution >= 4 is 39.2 Å². The van der Waals surface area contributed by atoms with Gasteiger partial charge in [-0.1, -0.05) is 6.92 Å². The zero-order valence-corrected chi connectivity index (χ0v) is 11.7. The van der Waals surface area contributed by atoms with Crippen LogP contribution in [0.5, 0.6) is 0 Å². The van der Waals surface area contributed by atoms with Gasteiger partial charge in [0.05, 0.1) is 15.7 Å². The van der Waals surface area contributed by atoms with Crippen molar-refractivity contribution in [3.05, 3.63) is 23.7 Å². The van der Waals surface area contributed by atoms with Gasteiger partial charge in [-0.15, -0.1) is 11.3 Å². The van der Waals surface area contributed by atoms with Crippen LogP contribution in [0.3, 0.4) is 0 Å². The highest BCUT2D eigenvalue weighted by molar-refractivity contribution is 7.16. The van der Waals surface area contributed by atoms with E-state index >= 15 is 0 Å². The number of benzene rings is 1. The van der Waals surface area contributed by atoms with E-state index in [1.54, 1.807) is 18.5 Å². The molecule has 2 aromatic rings. The van der Waals surface area contributed by atoms with Crippen molar-refractivity contribution in [1.29, 1.82) is 0 Å². The Morgan fingerprint density at radius 3 is 3.00 bits per heavy atom. The van der Waals surface area contributed by atoms with Crippen LogP contribution >= 0.6 is 11.3 Å². The molecule has 20 heavy (non-hydrogen) atoms. The Morgan fingerprint density at radius 1 is 1.45 bits per heavy atom. The minimum absolute atomic E-state index is 0.0348. The number of aliphatic carboxylic acids is 1. The molecule has 0 radical (unpaired) electrons. The molecule has 1 heterocycles. The van der Waals surface area contributed by atoms with Crippen molar-refractivity contribution in [2.24, 2.45) is 5.92 Å². The summed E-state index contributed by atoms with van der Waals surface area (Å²) < 4.78 is 1.00. The number of aromatic nitrogens is 1.